The molecule has 0 bridgehead atoms. The van der Waals surface area contributed by atoms with Crippen molar-refractivity contribution >= 4 is 17.4 Å². The van der Waals surface area contributed by atoms with Crippen LogP contribution in [0.5, 0.6) is 0 Å². The van der Waals surface area contributed by atoms with Gasteiger partial charge in [-0.1, -0.05) is 17.7 Å². The Morgan fingerprint density at radius 3 is 2.66 bits per heavy atom. The van der Waals surface area contributed by atoms with Crippen molar-refractivity contribution in [2.24, 2.45) is 0 Å². The molecule has 1 aliphatic rings. The number of nitrogens with zero attached hydrogens (tertiary/aromatic N) is 5. The number of pyridine rings is 1. The van der Waals surface area contributed by atoms with Crippen LogP contribution in [0, 0.1) is 11.6 Å². The van der Waals surface area contributed by atoms with Crippen molar-refractivity contribution < 1.29 is 13.9 Å². The summed E-state index contributed by atoms with van der Waals surface area (Å²) in [4.78, 5) is 10.5. The van der Waals surface area contributed by atoms with Crippen molar-refractivity contribution in [2.75, 3.05) is 18.0 Å². The summed E-state index contributed by atoms with van der Waals surface area (Å²) < 4.78 is 29.6. The van der Waals surface area contributed by atoms with E-state index in [4.69, 9.17) is 11.6 Å². The lowest BCUT2D eigenvalue weighted by atomic mass is 9.85. The maximum absolute atomic E-state index is 14.7. The topological polar surface area (TPSA) is 79.1 Å². The van der Waals surface area contributed by atoms with Gasteiger partial charge in [-0.3, -0.25) is 0 Å². The molecule has 0 aliphatic carbocycles. The minimum Gasteiger partial charge on any atom is -0.381 e. The smallest absolute Gasteiger partial charge is 0.137 e. The molecule has 0 radical (unpaired) electrons. The van der Waals surface area contributed by atoms with Gasteiger partial charge in [-0.2, -0.15) is 5.10 Å². The van der Waals surface area contributed by atoms with E-state index in [1.807, 2.05) is 12.1 Å². The lowest BCUT2D eigenvalue weighted by Crippen LogP contribution is -2.55. The molecule has 1 aromatic carbocycles. The molecule has 0 saturated carbocycles. The van der Waals surface area contributed by atoms with Crippen LogP contribution >= 0.6 is 11.6 Å². The highest BCUT2D eigenvalue weighted by molar-refractivity contribution is 6.30. The van der Waals surface area contributed by atoms with Gasteiger partial charge in [0.05, 0.1) is 11.6 Å². The van der Waals surface area contributed by atoms with E-state index < -0.39 is 23.3 Å². The van der Waals surface area contributed by atoms with Crippen LogP contribution in [0.25, 0.3) is 0 Å². The van der Waals surface area contributed by atoms with Crippen LogP contribution in [0.2, 0.25) is 5.02 Å². The van der Waals surface area contributed by atoms with E-state index in [1.165, 1.54) is 23.4 Å². The Hall–Kier alpha value is -2.62. The molecule has 3 aromatic rings. The highest BCUT2D eigenvalue weighted by atomic mass is 35.5. The van der Waals surface area contributed by atoms with Gasteiger partial charge in [0.15, 0.2) is 0 Å². The van der Waals surface area contributed by atoms with E-state index in [0.29, 0.717) is 5.02 Å². The molecule has 2 atom stereocenters. The standard InChI is InChI=1S/C22H25ClF2N6O/c1-15(29-18-6-8-30(9-7-18)21-5-2-16(23)11-27-21)22(32,12-31-14-26-13-28-31)19-4-3-17(24)10-20(19)25/h2-5,10-11,13-15,18,29,32H,6-9,12H2,1H3/t15-,22-/m1/s1. The van der Waals surface area contributed by atoms with Gasteiger partial charge in [0.25, 0.3) is 0 Å². The normalized spacial score (nSPS) is 17.8. The Kier molecular flexibility index (Phi) is 6.68. The highest BCUT2D eigenvalue weighted by Crippen LogP contribution is 2.31. The molecule has 4 rings (SSSR count). The number of piperidine rings is 1. The fraction of sp³-hybridized carbons (Fsp3) is 0.409. The number of halogens is 3. The summed E-state index contributed by atoms with van der Waals surface area (Å²) in [6.07, 6.45) is 6.07. The molecular formula is C22H25ClF2N6O. The number of benzene rings is 1. The quantitative estimate of drug-likeness (QED) is 0.561. The monoisotopic (exact) mass is 462 g/mol. The summed E-state index contributed by atoms with van der Waals surface area (Å²) in [5.74, 6) is -0.625. The van der Waals surface area contributed by atoms with Crippen LogP contribution in [0.15, 0.2) is 49.2 Å². The summed E-state index contributed by atoms with van der Waals surface area (Å²) >= 11 is 5.92. The molecule has 7 nitrogen and oxygen atoms in total. The van der Waals surface area contributed by atoms with Gasteiger partial charge in [0.2, 0.25) is 0 Å². The lowest BCUT2D eigenvalue weighted by Gasteiger charge is -2.40. The van der Waals surface area contributed by atoms with Crippen LogP contribution in [0.1, 0.15) is 25.3 Å². The molecule has 1 saturated heterocycles. The Morgan fingerprint density at radius 1 is 1.25 bits per heavy atom. The Bertz CT molecular complexity index is 1030. The molecule has 3 heterocycles. The van der Waals surface area contributed by atoms with Crippen LogP contribution in [0.3, 0.4) is 0 Å². The van der Waals surface area contributed by atoms with Gasteiger partial charge in [-0.15, -0.1) is 0 Å². The zero-order valence-electron chi connectivity index (χ0n) is 17.6. The summed E-state index contributed by atoms with van der Waals surface area (Å²) in [6, 6.07) is 6.50. The predicted octanol–water partition coefficient (Wildman–Crippen LogP) is 3.14. The summed E-state index contributed by atoms with van der Waals surface area (Å²) in [6.45, 7) is 3.33. The van der Waals surface area contributed by atoms with E-state index in [-0.39, 0.29) is 18.2 Å². The summed E-state index contributed by atoms with van der Waals surface area (Å²) in [7, 11) is 0. The first-order valence-corrected chi connectivity index (χ1v) is 10.9. The van der Waals surface area contributed by atoms with Crippen molar-refractivity contribution in [3.63, 3.8) is 0 Å². The minimum atomic E-state index is -1.67. The van der Waals surface area contributed by atoms with E-state index in [0.717, 1.165) is 43.9 Å². The number of aromatic nitrogens is 4. The zero-order valence-corrected chi connectivity index (χ0v) is 18.4. The van der Waals surface area contributed by atoms with Crippen molar-refractivity contribution in [3.8, 4) is 0 Å². The van der Waals surface area contributed by atoms with E-state index in [9.17, 15) is 13.9 Å². The number of rotatable bonds is 7. The Morgan fingerprint density at radius 2 is 2.03 bits per heavy atom. The number of hydrogen-bond acceptors (Lipinski definition) is 6. The van der Waals surface area contributed by atoms with Gasteiger partial charge in [0.1, 0.15) is 35.7 Å². The third-order valence-electron chi connectivity index (χ3n) is 6.00. The SMILES string of the molecule is C[C@@H](NC1CCN(c2ccc(Cl)cn2)CC1)[C@](O)(Cn1cncn1)c1ccc(F)cc1F. The second kappa shape index (κ2) is 9.48. The van der Waals surface area contributed by atoms with Gasteiger partial charge in [0, 0.05) is 43.0 Å². The maximum atomic E-state index is 14.7. The van der Waals surface area contributed by atoms with Gasteiger partial charge >= 0.3 is 0 Å². The fourth-order valence-corrected chi connectivity index (χ4v) is 4.29. The first-order chi connectivity index (χ1) is 15.3. The number of hydrogen-bond donors (Lipinski definition) is 2. The van der Waals surface area contributed by atoms with E-state index in [2.05, 4.69) is 25.3 Å². The van der Waals surface area contributed by atoms with Crippen LogP contribution in [-0.2, 0) is 12.1 Å². The molecule has 2 N–H and O–H groups in total. The number of nitrogens with one attached hydrogen (secondary N) is 1. The molecule has 10 heteroatoms. The fourth-order valence-electron chi connectivity index (χ4n) is 4.18. The summed E-state index contributed by atoms with van der Waals surface area (Å²) in [5.41, 5.74) is -1.66. The first kappa shape index (κ1) is 22.6. The van der Waals surface area contributed by atoms with Crippen LogP contribution < -0.4 is 10.2 Å². The predicted molar refractivity (Wildman–Crippen MR) is 117 cm³/mol. The third-order valence-corrected chi connectivity index (χ3v) is 6.22. The molecule has 2 aromatic heterocycles. The first-order valence-electron chi connectivity index (χ1n) is 10.5. The van der Waals surface area contributed by atoms with E-state index in [1.54, 1.807) is 13.1 Å². The number of aliphatic hydroxyl groups is 1. The second-order valence-corrected chi connectivity index (χ2v) is 8.56. The van der Waals surface area contributed by atoms with Gasteiger partial charge < -0.3 is 15.3 Å². The molecule has 170 valence electrons. The van der Waals surface area contributed by atoms with Gasteiger partial charge in [-0.05, 0) is 38.0 Å². The zero-order chi connectivity index (χ0) is 22.7. The molecular weight excluding hydrogens is 438 g/mol. The molecule has 1 aliphatic heterocycles. The van der Waals surface area contributed by atoms with E-state index >= 15 is 0 Å². The largest absolute Gasteiger partial charge is 0.381 e. The third kappa shape index (κ3) is 4.90. The lowest BCUT2D eigenvalue weighted by molar-refractivity contribution is -0.0242. The molecule has 0 spiro atoms. The highest BCUT2D eigenvalue weighted by Gasteiger charge is 2.40. The van der Waals surface area contributed by atoms with Crippen LogP contribution in [0.4, 0.5) is 14.6 Å². The Balaban J connectivity index is 1.48. The van der Waals surface area contributed by atoms with Crippen molar-refractivity contribution in [1.29, 1.82) is 0 Å². The number of anilines is 1. The van der Waals surface area contributed by atoms with Crippen molar-refractivity contribution in [3.05, 3.63) is 71.4 Å². The van der Waals surface area contributed by atoms with Gasteiger partial charge in [-0.25, -0.2) is 23.4 Å². The molecule has 32 heavy (non-hydrogen) atoms. The van der Waals surface area contributed by atoms with Crippen molar-refractivity contribution in [1.82, 2.24) is 25.1 Å². The maximum Gasteiger partial charge on any atom is 0.137 e. The Labute approximate surface area is 190 Å². The minimum absolute atomic E-state index is 0.0113. The average molecular weight is 463 g/mol. The summed E-state index contributed by atoms with van der Waals surface area (Å²) in [5, 5.41) is 19.7. The molecule has 0 amide bonds. The second-order valence-electron chi connectivity index (χ2n) is 8.13. The molecule has 0 unspecified atom stereocenters. The van der Waals surface area contributed by atoms with Crippen molar-refractivity contribution in [2.45, 2.75) is 44.0 Å². The van der Waals surface area contributed by atoms with Crippen LogP contribution in [-0.4, -0.2) is 50.0 Å². The molecule has 1 fully saturated rings. The average Bonchev–Trinajstić information content (AvgIpc) is 3.27.